The number of rotatable bonds is 1. The first-order valence-corrected chi connectivity index (χ1v) is 6.47. The van der Waals surface area contributed by atoms with Gasteiger partial charge in [0.1, 0.15) is 6.54 Å². The Bertz CT molecular complexity index is 529. The molecule has 2 unspecified atom stereocenters. The summed E-state index contributed by atoms with van der Waals surface area (Å²) in [6.07, 6.45) is 0.835. The normalized spacial score (nSPS) is 25.9. The molecular weight excluding hydrogens is 244 g/mol. The monoisotopic (exact) mass is 260 g/mol. The third kappa shape index (κ3) is 2.21. The Morgan fingerprint density at radius 1 is 1.42 bits per heavy atom. The first-order chi connectivity index (χ1) is 9.15. The molecule has 2 atom stereocenters. The Labute approximate surface area is 111 Å². The SMILES string of the molecule is CC1CC(C(=O)N2CC(=O)Nc3ccccc32)CO1. The molecule has 2 heterocycles. The molecular formula is C14H16N2O3. The van der Waals surface area contributed by atoms with Crippen molar-refractivity contribution in [2.45, 2.75) is 19.4 Å². The molecule has 0 aromatic heterocycles. The molecule has 1 N–H and O–H groups in total. The van der Waals surface area contributed by atoms with Gasteiger partial charge in [0.15, 0.2) is 0 Å². The lowest BCUT2D eigenvalue weighted by Crippen LogP contribution is -2.45. The van der Waals surface area contributed by atoms with Crippen LogP contribution in [0.1, 0.15) is 13.3 Å². The second-order valence-corrected chi connectivity index (χ2v) is 5.07. The summed E-state index contributed by atoms with van der Waals surface area (Å²) in [7, 11) is 0. The maximum Gasteiger partial charge on any atom is 0.244 e. The van der Waals surface area contributed by atoms with Gasteiger partial charge in [0.2, 0.25) is 11.8 Å². The minimum Gasteiger partial charge on any atom is -0.378 e. The quantitative estimate of drug-likeness (QED) is 0.830. The van der Waals surface area contributed by atoms with E-state index in [0.717, 1.165) is 12.1 Å². The highest BCUT2D eigenvalue weighted by atomic mass is 16.5. The van der Waals surface area contributed by atoms with Gasteiger partial charge in [-0.1, -0.05) is 12.1 Å². The van der Waals surface area contributed by atoms with Gasteiger partial charge in [0.05, 0.1) is 30.0 Å². The van der Waals surface area contributed by atoms with Crippen molar-refractivity contribution in [3.8, 4) is 0 Å². The Morgan fingerprint density at radius 2 is 2.21 bits per heavy atom. The molecule has 1 aromatic rings. The van der Waals surface area contributed by atoms with E-state index in [1.54, 1.807) is 11.0 Å². The summed E-state index contributed by atoms with van der Waals surface area (Å²) in [5, 5.41) is 2.78. The molecule has 2 amide bonds. The van der Waals surface area contributed by atoms with Crippen molar-refractivity contribution in [2.24, 2.45) is 5.92 Å². The number of carbonyl (C=O) groups excluding carboxylic acids is 2. The number of hydrogen-bond acceptors (Lipinski definition) is 3. The number of hydrogen-bond donors (Lipinski definition) is 1. The van der Waals surface area contributed by atoms with E-state index in [4.69, 9.17) is 4.74 Å². The molecule has 19 heavy (non-hydrogen) atoms. The zero-order valence-electron chi connectivity index (χ0n) is 10.8. The van der Waals surface area contributed by atoms with Gasteiger partial charge in [-0.15, -0.1) is 0 Å². The Kier molecular flexibility index (Phi) is 2.98. The van der Waals surface area contributed by atoms with Crippen LogP contribution in [-0.2, 0) is 14.3 Å². The first kappa shape index (κ1) is 12.2. The van der Waals surface area contributed by atoms with Crippen molar-refractivity contribution in [2.75, 3.05) is 23.4 Å². The molecule has 0 aliphatic carbocycles. The largest absolute Gasteiger partial charge is 0.378 e. The third-order valence-electron chi connectivity index (χ3n) is 3.58. The van der Waals surface area contributed by atoms with E-state index in [9.17, 15) is 9.59 Å². The minimum absolute atomic E-state index is 0.0216. The fourth-order valence-electron chi connectivity index (χ4n) is 2.64. The number of amides is 2. The summed E-state index contributed by atoms with van der Waals surface area (Å²) < 4.78 is 5.44. The predicted octanol–water partition coefficient (Wildman–Crippen LogP) is 1.40. The fourth-order valence-corrected chi connectivity index (χ4v) is 2.64. The molecule has 0 spiro atoms. The Balaban J connectivity index is 1.88. The van der Waals surface area contributed by atoms with Crippen LogP contribution < -0.4 is 10.2 Å². The third-order valence-corrected chi connectivity index (χ3v) is 3.58. The van der Waals surface area contributed by atoms with Gasteiger partial charge in [0.25, 0.3) is 0 Å². The summed E-state index contributed by atoms with van der Waals surface area (Å²) in [6.45, 7) is 2.49. The highest BCUT2D eigenvalue weighted by molar-refractivity contribution is 6.10. The average molecular weight is 260 g/mol. The molecule has 1 aromatic carbocycles. The van der Waals surface area contributed by atoms with E-state index in [2.05, 4.69) is 5.32 Å². The van der Waals surface area contributed by atoms with E-state index in [1.807, 2.05) is 25.1 Å². The maximum atomic E-state index is 12.5. The number of anilines is 2. The molecule has 1 fully saturated rings. The lowest BCUT2D eigenvalue weighted by Gasteiger charge is -2.30. The summed E-state index contributed by atoms with van der Waals surface area (Å²) >= 11 is 0. The second-order valence-electron chi connectivity index (χ2n) is 5.07. The summed E-state index contributed by atoms with van der Waals surface area (Å²) in [5.74, 6) is -0.320. The van der Waals surface area contributed by atoms with Gasteiger partial charge in [-0.2, -0.15) is 0 Å². The molecule has 0 bridgehead atoms. The van der Waals surface area contributed by atoms with Crippen LogP contribution in [0.3, 0.4) is 0 Å². The standard InChI is InChI=1S/C14H16N2O3/c1-9-6-10(8-19-9)14(18)16-7-13(17)15-11-4-2-3-5-12(11)16/h2-5,9-10H,6-8H2,1H3,(H,15,17). The van der Waals surface area contributed by atoms with E-state index in [0.29, 0.717) is 12.3 Å². The summed E-state index contributed by atoms with van der Waals surface area (Å²) in [4.78, 5) is 25.8. The molecule has 2 aliphatic rings. The number of nitrogens with one attached hydrogen (secondary N) is 1. The van der Waals surface area contributed by atoms with Gasteiger partial charge in [0, 0.05) is 0 Å². The Morgan fingerprint density at radius 3 is 2.95 bits per heavy atom. The van der Waals surface area contributed by atoms with E-state index >= 15 is 0 Å². The zero-order valence-corrected chi connectivity index (χ0v) is 10.8. The number of para-hydroxylation sites is 2. The second kappa shape index (κ2) is 4.66. The lowest BCUT2D eigenvalue weighted by molar-refractivity contribution is -0.124. The van der Waals surface area contributed by atoms with Gasteiger partial charge in [-0.05, 0) is 25.5 Å². The van der Waals surface area contributed by atoms with Gasteiger partial charge in [-0.25, -0.2) is 0 Å². The van der Waals surface area contributed by atoms with Crippen molar-refractivity contribution in [1.82, 2.24) is 0 Å². The minimum atomic E-state index is -0.154. The summed E-state index contributed by atoms with van der Waals surface area (Å²) in [6, 6.07) is 7.37. The van der Waals surface area contributed by atoms with E-state index < -0.39 is 0 Å². The smallest absolute Gasteiger partial charge is 0.244 e. The number of nitrogens with zero attached hydrogens (tertiary/aromatic N) is 1. The highest BCUT2D eigenvalue weighted by Crippen LogP contribution is 2.31. The van der Waals surface area contributed by atoms with Gasteiger partial charge < -0.3 is 15.0 Å². The molecule has 0 saturated carbocycles. The van der Waals surface area contributed by atoms with Crippen LogP contribution >= 0.6 is 0 Å². The van der Waals surface area contributed by atoms with Crippen LogP contribution in [0.5, 0.6) is 0 Å². The van der Waals surface area contributed by atoms with Crippen LogP contribution in [0.4, 0.5) is 11.4 Å². The van der Waals surface area contributed by atoms with E-state index in [-0.39, 0.29) is 30.4 Å². The molecule has 100 valence electrons. The molecule has 0 radical (unpaired) electrons. The van der Waals surface area contributed by atoms with Crippen molar-refractivity contribution >= 4 is 23.2 Å². The van der Waals surface area contributed by atoms with Crippen LogP contribution in [-0.4, -0.2) is 31.1 Å². The number of benzene rings is 1. The van der Waals surface area contributed by atoms with Crippen molar-refractivity contribution in [3.63, 3.8) is 0 Å². The molecule has 5 nitrogen and oxygen atoms in total. The lowest BCUT2D eigenvalue weighted by atomic mass is 10.0. The molecule has 2 aliphatic heterocycles. The van der Waals surface area contributed by atoms with Crippen LogP contribution in [0.25, 0.3) is 0 Å². The number of fused-ring (bicyclic) bond motifs is 1. The Hall–Kier alpha value is -1.88. The predicted molar refractivity (Wildman–Crippen MR) is 70.9 cm³/mol. The zero-order chi connectivity index (χ0) is 13.4. The van der Waals surface area contributed by atoms with Crippen LogP contribution in [0.2, 0.25) is 0 Å². The van der Waals surface area contributed by atoms with Gasteiger partial charge >= 0.3 is 0 Å². The molecule has 5 heteroatoms. The van der Waals surface area contributed by atoms with Crippen LogP contribution in [0.15, 0.2) is 24.3 Å². The van der Waals surface area contributed by atoms with Gasteiger partial charge in [-0.3, -0.25) is 9.59 Å². The molecule has 3 rings (SSSR count). The van der Waals surface area contributed by atoms with Crippen LogP contribution in [0, 0.1) is 5.92 Å². The first-order valence-electron chi connectivity index (χ1n) is 6.47. The van der Waals surface area contributed by atoms with Crippen molar-refractivity contribution in [1.29, 1.82) is 0 Å². The maximum absolute atomic E-state index is 12.5. The average Bonchev–Trinajstić information content (AvgIpc) is 2.83. The number of ether oxygens (including phenoxy) is 1. The molecule has 1 saturated heterocycles. The highest BCUT2D eigenvalue weighted by Gasteiger charge is 2.35. The van der Waals surface area contributed by atoms with Crippen molar-refractivity contribution < 1.29 is 14.3 Å². The fraction of sp³-hybridized carbons (Fsp3) is 0.429. The van der Waals surface area contributed by atoms with Crippen molar-refractivity contribution in [3.05, 3.63) is 24.3 Å². The van der Waals surface area contributed by atoms with E-state index in [1.165, 1.54) is 0 Å². The summed E-state index contributed by atoms with van der Waals surface area (Å²) in [5.41, 5.74) is 1.46. The topological polar surface area (TPSA) is 58.6 Å². The number of carbonyl (C=O) groups is 2.